The molecule has 2 aromatic rings. The van der Waals surface area contributed by atoms with Crippen LogP contribution in [-0.2, 0) is 6.61 Å². The smallest absolute Gasteiger partial charge is 0.255 e. The first kappa shape index (κ1) is 13.1. The van der Waals surface area contributed by atoms with Gasteiger partial charge in [-0.25, -0.2) is 0 Å². The molecule has 98 valence electrons. The second-order valence-corrected chi connectivity index (χ2v) is 4.27. The van der Waals surface area contributed by atoms with Crippen molar-refractivity contribution in [3.05, 3.63) is 59.2 Å². The Hall–Kier alpha value is -2.33. The molecule has 0 aliphatic rings. The van der Waals surface area contributed by atoms with Gasteiger partial charge in [0.2, 0.25) is 0 Å². The molecule has 19 heavy (non-hydrogen) atoms. The molecule has 1 amide bonds. The molecule has 0 atom stereocenters. The topological polar surface area (TPSA) is 69.6 Å². The number of para-hydroxylation sites is 1. The van der Waals surface area contributed by atoms with E-state index in [0.29, 0.717) is 22.4 Å². The monoisotopic (exact) mass is 257 g/mol. The van der Waals surface area contributed by atoms with Crippen molar-refractivity contribution >= 4 is 11.6 Å². The number of benzene rings is 2. The number of anilines is 1. The Labute approximate surface area is 111 Å². The number of aromatic hydroxyl groups is 1. The van der Waals surface area contributed by atoms with Gasteiger partial charge in [0.1, 0.15) is 5.75 Å². The number of hydrogen-bond donors (Lipinski definition) is 3. The highest BCUT2D eigenvalue weighted by molar-refractivity contribution is 6.04. The lowest BCUT2D eigenvalue weighted by Crippen LogP contribution is -2.13. The highest BCUT2D eigenvalue weighted by Gasteiger charge is 2.10. The Kier molecular flexibility index (Phi) is 3.82. The summed E-state index contributed by atoms with van der Waals surface area (Å²) in [6.07, 6.45) is 0. The van der Waals surface area contributed by atoms with Crippen LogP contribution in [0, 0.1) is 6.92 Å². The van der Waals surface area contributed by atoms with Crippen LogP contribution in [0.1, 0.15) is 21.5 Å². The standard InChI is InChI=1S/C15H15NO3/c1-10-6-7-11(8-14(10)18)15(19)16-13-5-3-2-4-12(13)9-17/h2-8,17-18H,9H2,1H3,(H,16,19). The highest BCUT2D eigenvalue weighted by Crippen LogP contribution is 2.20. The number of amides is 1. The molecule has 4 nitrogen and oxygen atoms in total. The number of rotatable bonds is 3. The van der Waals surface area contributed by atoms with Crippen molar-refractivity contribution in [3.8, 4) is 5.75 Å². The fraction of sp³-hybridized carbons (Fsp3) is 0.133. The van der Waals surface area contributed by atoms with Crippen molar-refractivity contribution in [1.82, 2.24) is 0 Å². The Morgan fingerprint density at radius 2 is 1.95 bits per heavy atom. The molecule has 0 aromatic heterocycles. The summed E-state index contributed by atoms with van der Waals surface area (Å²) in [5.41, 5.74) is 2.30. The van der Waals surface area contributed by atoms with Gasteiger partial charge in [0, 0.05) is 16.8 Å². The minimum Gasteiger partial charge on any atom is -0.508 e. The predicted molar refractivity (Wildman–Crippen MR) is 73.2 cm³/mol. The molecule has 0 spiro atoms. The van der Waals surface area contributed by atoms with Crippen LogP contribution in [0.5, 0.6) is 5.75 Å². The van der Waals surface area contributed by atoms with Gasteiger partial charge in [-0.2, -0.15) is 0 Å². The summed E-state index contributed by atoms with van der Waals surface area (Å²) in [6, 6.07) is 11.8. The number of aliphatic hydroxyl groups is 1. The number of carbonyl (C=O) groups excluding carboxylic acids is 1. The molecular formula is C15H15NO3. The molecule has 0 saturated carbocycles. The second kappa shape index (κ2) is 5.54. The number of nitrogens with one attached hydrogen (secondary N) is 1. The molecule has 2 aromatic carbocycles. The molecule has 0 bridgehead atoms. The summed E-state index contributed by atoms with van der Waals surface area (Å²) >= 11 is 0. The Bertz CT molecular complexity index is 608. The van der Waals surface area contributed by atoms with E-state index in [4.69, 9.17) is 0 Å². The Morgan fingerprint density at radius 1 is 1.21 bits per heavy atom. The van der Waals surface area contributed by atoms with E-state index < -0.39 is 0 Å². The van der Waals surface area contributed by atoms with Gasteiger partial charge < -0.3 is 15.5 Å². The van der Waals surface area contributed by atoms with Crippen LogP contribution in [0.3, 0.4) is 0 Å². The maximum atomic E-state index is 12.0. The van der Waals surface area contributed by atoms with Crippen molar-refractivity contribution < 1.29 is 15.0 Å². The van der Waals surface area contributed by atoms with Crippen LogP contribution in [-0.4, -0.2) is 16.1 Å². The average Bonchev–Trinajstić information content (AvgIpc) is 2.42. The summed E-state index contributed by atoms with van der Waals surface area (Å²) in [5, 5.41) is 21.5. The van der Waals surface area contributed by atoms with Crippen LogP contribution in [0.4, 0.5) is 5.69 Å². The number of carbonyl (C=O) groups is 1. The van der Waals surface area contributed by atoms with Crippen LogP contribution in [0.15, 0.2) is 42.5 Å². The van der Waals surface area contributed by atoms with Gasteiger partial charge >= 0.3 is 0 Å². The maximum Gasteiger partial charge on any atom is 0.255 e. The van der Waals surface area contributed by atoms with Gasteiger partial charge in [-0.15, -0.1) is 0 Å². The largest absolute Gasteiger partial charge is 0.508 e. The van der Waals surface area contributed by atoms with Crippen molar-refractivity contribution in [3.63, 3.8) is 0 Å². The van der Waals surface area contributed by atoms with Crippen molar-refractivity contribution in [1.29, 1.82) is 0 Å². The third-order valence-electron chi connectivity index (χ3n) is 2.91. The molecule has 0 saturated heterocycles. The van der Waals surface area contributed by atoms with E-state index in [9.17, 15) is 15.0 Å². The molecule has 0 heterocycles. The molecule has 4 heteroatoms. The second-order valence-electron chi connectivity index (χ2n) is 4.27. The highest BCUT2D eigenvalue weighted by atomic mass is 16.3. The SMILES string of the molecule is Cc1ccc(C(=O)Nc2ccccc2CO)cc1O. The summed E-state index contributed by atoms with van der Waals surface area (Å²) < 4.78 is 0. The van der Waals surface area contributed by atoms with E-state index in [-0.39, 0.29) is 18.3 Å². The molecule has 0 aliphatic heterocycles. The van der Waals surface area contributed by atoms with Crippen LogP contribution in [0.2, 0.25) is 0 Å². The lowest BCUT2D eigenvalue weighted by atomic mass is 10.1. The van der Waals surface area contributed by atoms with E-state index >= 15 is 0 Å². The van der Waals surface area contributed by atoms with E-state index in [1.165, 1.54) is 6.07 Å². The summed E-state index contributed by atoms with van der Waals surface area (Å²) in [4.78, 5) is 12.0. The maximum absolute atomic E-state index is 12.0. The van der Waals surface area contributed by atoms with E-state index in [2.05, 4.69) is 5.32 Å². The van der Waals surface area contributed by atoms with Crippen LogP contribution >= 0.6 is 0 Å². The molecular weight excluding hydrogens is 242 g/mol. The normalized spacial score (nSPS) is 10.2. The fourth-order valence-electron chi connectivity index (χ4n) is 1.73. The summed E-state index contributed by atoms with van der Waals surface area (Å²) in [5.74, 6) is -0.237. The number of phenols is 1. The van der Waals surface area contributed by atoms with Crippen molar-refractivity contribution in [2.75, 3.05) is 5.32 Å². The number of aliphatic hydroxyl groups excluding tert-OH is 1. The number of hydrogen-bond acceptors (Lipinski definition) is 3. The summed E-state index contributed by atoms with van der Waals surface area (Å²) in [7, 11) is 0. The third kappa shape index (κ3) is 2.92. The van der Waals surface area contributed by atoms with E-state index in [1.807, 2.05) is 0 Å². The van der Waals surface area contributed by atoms with E-state index in [1.54, 1.807) is 43.3 Å². The van der Waals surface area contributed by atoms with Gasteiger partial charge in [-0.1, -0.05) is 24.3 Å². The molecule has 0 fully saturated rings. The van der Waals surface area contributed by atoms with E-state index in [0.717, 1.165) is 0 Å². The molecule has 0 unspecified atom stereocenters. The minimum atomic E-state index is -0.323. The number of aryl methyl sites for hydroxylation is 1. The first-order valence-corrected chi connectivity index (χ1v) is 5.91. The minimum absolute atomic E-state index is 0.0862. The molecule has 0 aliphatic carbocycles. The Morgan fingerprint density at radius 3 is 2.63 bits per heavy atom. The van der Waals surface area contributed by atoms with Crippen LogP contribution in [0.25, 0.3) is 0 Å². The summed E-state index contributed by atoms with van der Waals surface area (Å²) in [6.45, 7) is 1.62. The lowest BCUT2D eigenvalue weighted by Gasteiger charge is -2.09. The molecule has 3 N–H and O–H groups in total. The lowest BCUT2D eigenvalue weighted by molar-refractivity contribution is 0.102. The third-order valence-corrected chi connectivity index (χ3v) is 2.91. The van der Waals surface area contributed by atoms with Crippen molar-refractivity contribution in [2.24, 2.45) is 0 Å². The molecule has 0 radical (unpaired) electrons. The quantitative estimate of drug-likeness (QED) is 0.791. The first-order valence-electron chi connectivity index (χ1n) is 5.91. The average molecular weight is 257 g/mol. The van der Waals surface area contributed by atoms with Crippen LogP contribution < -0.4 is 5.32 Å². The predicted octanol–water partition coefficient (Wildman–Crippen LogP) is 2.45. The van der Waals surface area contributed by atoms with Gasteiger partial charge in [-0.3, -0.25) is 4.79 Å². The number of phenolic OH excluding ortho intramolecular Hbond substituents is 1. The fourth-order valence-corrected chi connectivity index (χ4v) is 1.73. The zero-order valence-corrected chi connectivity index (χ0v) is 10.6. The van der Waals surface area contributed by atoms with Gasteiger partial charge in [0.05, 0.1) is 6.61 Å². The van der Waals surface area contributed by atoms with Gasteiger partial charge in [0.15, 0.2) is 0 Å². The zero-order valence-electron chi connectivity index (χ0n) is 10.6. The van der Waals surface area contributed by atoms with Crippen molar-refractivity contribution in [2.45, 2.75) is 13.5 Å². The first-order chi connectivity index (χ1) is 9.11. The molecule has 2 rings (SSSR count). The zero-order chi connectivity index (χ0) is 13.8. The van der Waals surface area contributed by atoms with Gasteiger partial charge in [-0.05, 0) is 30.7 Å². The Balaban J connectivity index is 2.23. The van der Waals surface area contributed by atoms with Gasteiger partial charge in [0.25, 0.3) is 5.91 Å².